The third-order valence-electron chi connectivity index (χ3n) is 2.89. The highest BCUT2D eigenvalue weighted by molar-refractivity contribution is 5.67. The van der Waals surface area contributed by atoms with Crippen LogP contribution in [0.5, 0.6) is 0 Å². The lowest BCUT2D eigenvalue weighted by Crippen LogP contribution is -2.10. The van der Waals surface area contributed by atoms with Gasteiger partial charge in [-0.2, -0.15) is 5.10 Å². The summed E-state index contributed by atoms with van der Waals surface area (Å²) < 4.78 is 0. The molecule has 1 heterocycles. The Labute approximate surface area is 82.3 Å². The van der Waals surface area contributed by atoms with E-state index in [0.29, 0.717) is 12.3 Å². The first kappa shape index (κ1) is 9.24. The largest absolute Gasteiger partial charge is 0.481 e. The molecule has 4 heteroatoms. The number of aliphatic carboxylic acids is 1. The lowest BCUT2D eigenvalue weighted by Gasteiger charge is -2.25. The Hall–Kier alpha value is -1.32. The van der Waals surface area contributed by atoms with Gasteiger partial charge in [-0.25, -0.2) is 0 Å². The van der Waals surface area contributed by atoms with E-state index in [-0.39, 0.29) is 6.42 Å². The Morgan fingerprint density at radius 3 is 3.00 bits per heavy atom. The van der Waals surface area contributed by atoms with E-state index in [1.54, 1.807) is 0 Å². The molecular formula is C10H14N2O2. The number of aryl methyl sites for hydroxylation is 1. The average Bonchev–Trinajstić information content (AvgIpc) is 2.46. The van der Waals surface area contributed by atoms with E-state index in [1.807, 2.05) is 6.20 Å². The van der Waals surface area contributed by atoms with Crippen LogP contribution in [0.4, 0.5) is 0 Å². The van der Waals surface area contributed by atoms with Gasteiger partial charge in [0.05, 0.1) is 12.6 Å². The van der Waals surface area contributed by atoms with Crippen LogP contribution in [-0.4, -0.2) is 21.3 Å². The number of nitrogens with zero attached hydrogens (tertiary/aromatic N) is 1. The predicted molar refractivity (Wildman–Crippen MR) is 51.1 cm³/mol. The van der Waals surface area contributed by atoms with Gasteiger partial charge in [-0.15, -0.1) is 0 Å². The maximum atomic E-state index is 10.4. The molecule has 1 aliphatic rings. The minimum atomic E-state index is -0.751. The van der Waals surface area contributed by atoms with E-state index in [0.717, 1.165) is 5.69 Å². The summed E-state index contributed by atoms with van der Waals surface area (Å²) in [7, 11) is 0. The summed E-state index contributed by atoms with van der Waals surface area (Å²) in [5.74, 6) is -0.128. The van der Waals surface area contributed by atoms with Crippen molar-refractivity contribution in [3.63, 3.8) is 0 Å². The second kappa shape index (κ2) is 3.82. The second-order valence-corrected chi connectivity index (χ2v) is 3.83. The molecule has 2 rings (SSSR count). The molecular weight excluding hydrogens is 180 g/mol. The number of aromatic amines is 1. The van der Waals surface area contributed by atoms with Crippen molar-refractivity contribution in [1.29, 1.82) is 0 Å². The summed E-state index contributed by atoms with van der Waals surface area (Å²) >= 11 is 0. The molecule has 0 saturated heterocycles. The molecule has 4 nitrogen and oxygen atoms in total. The Kier molecular flexibility index (Phi) is 2.52. The Morgan fingerprint density at radius 2 is 2.43 bits per heavy atom. The zero-order chi connectivity index (χ0) is 9.97. The zero-order valence-corrected chi connectivity index (χ0v) is 7.99. The topological polar surface area (TPSA) is 66.0 Å². The van der Waals surface area contributed by atoms with E-state index in [1.165, 1.54) is 24.8 Å². The zero-order valence-electron chi connectivity index (χ0n) is 7.99. The Bertz CT molecular complexity index is 329. The third kappa shape index (κ3) is 1.78. The van der Waals surface area contributed by atoms with Crippen molar-refractivity contribution in [3.8, 4) is 0 Å². The van der Waals surface area contributed by atoms with Gasteiger partial charge in [-0.05, 0) is 30.7 Å². The summed E-state index contributed by atoms with van der Waals surface area (Å²) in [4.78, 5) is 10.4. The first-order valence-electron chi connectivity index (χ1n) is 5.01. The van der Waals surface area contributed by atoms with Crippen LogP contribution in [0.15, 0.2) is 6.20 Å². The number of carbonyl (C=O) groups is 1. The van der Waals surface area contributed by atoms with Crippen LogP contribution in [0.3, 0.4) is 0 Å². The molecule has 1 aromatic rings. The van der Waals surface area contributed by atoms with Crippen molar-refractivity contribution >= 4 is 5.97 Å². The van der Waals surface area contributed by atoms with Gasteiger partial charge in [-0.3, -0.25) is 9.89 Å². The fourth-order valence-electron chi connectivity index (χ4n) is 1.83. The highest BCUT2D eigenvalue weighted by atomic mass is 16.4. The number of carboxylic acids is 1. The van der Waals surface area contributed by atoms with Crippen LogP contribution >= 0.6 is 0 Å². The number of carboxylic acid groups (broad SMARTS) is 1. The van der Waals surface area contributed by atoms with Gasteiger partial charge in [-0.1, -0.05) is 6.42 Å². The summed E-state index contributed by atoms with van der Waals surface area (Å²) in [5, 5.41) is 15.5. The van der Waals surface area contributed by atoms with Crippen LogP contribution in [0.25, 0.3) is 0 Å². The number of H-pyrrole nitrogens is 1. The van der Waals surface area contributed by atoms with Crippen molar-refractivity contribution in [3.05, 3.63) is 17.5 Å². The van der Waals surface area contributed by atoms with Gasteiger partial charge in [0.15, 0.2) is 0 Å². The molecule has 76 valence electrons. The van der Waals surface area contributed by atoms with Gasteiger partial charge in [0.2, 0.25) is 0 Å². The number of hydrogen-bond donors (Lipinski definition) is 2. The molecule has 2 N–H and O–H groups in total. The maximum Gasteiger partial charge on any atom is 0.303 e. The van der Waals surface area contributed by atoms with Crippen LogP contribution < -0.4 is 0 Å². The van der Waals surface area contributed by atoms with E-state index in [9.17, 15) is 4.79 Å². The van der Waals surface area contributed by atoms with Gasteiger partial charge < -0.3 is 5.11 Å². The van der Waals surface area contributed by atoms with Gasteiger partial charge >= 0.3 is 5.97 Å². The molecule has 1 aliphatic carbocycles. The average molecular weight is 194 g/mol. The molecule has 14 heavy (non-hydrogen) atoms. The number of rotatable bonds is 4. The van der Waals surface area contributed by atoms with E-state index in [2.05, 4.69) is 10.2 Å². The van der Waals surface area contributed by atoms with E-state index < -0.39 is 5.97 Å². The van der Waals surface area contributed by atoms with Crippen molar-refractivity contribution in [2.75, 3.05) is 0 Å². The Balaban J connectivity index is 2.01. The molecule has 1 saturated carbocycles. The summed E-state index contributed by atoms with van der Waals surface area (Å²) in [6.07, 6.45) is 6.33. The fourth-order valence-corrected chi connectivity index (χ4v) is 1.83. The van der Waals surface area contributed by atoms with Crippen molar-refractivity contribution in [2.24, 2.45) is 0 Å². The molecule has 0 bridgehead atoms. The minimum Gasteiger partial charge on any atom is -0.481 e. The molecule has 0 amide bonds. The van der Waals surface area contributed by atoms with Crippen molar-refractivity contribution in [2.45, 2.75) is 38.0 Å². The summed E-state index contributed by atoms with van der Waals surface area (Å²) in [5.41, 5.74) is 2.25. The van der Waals surface area contributed by atoms with Crippen molar-refractivity contribution in [1.82, 2.24) is 10.2 Å². The SMILES string of the molecule is O=C(O)CCc1[nH]ncc1C1CCC1. The first-order valence-corrected chi connectivity index (χ1v) is 5.01. The van der Waals surface area contributed by atoms with Crippen LogP contribution in [0, 0.1) is 0 Å². The van der Waals surface area contributed by atoms with E-state index in [4.69, 9.17) is 5.11 Å². The normalized spacial score (nSPS) is 16.6. The standard InChI is InChI=1S/C10H14N2O2/c13-10(14)5-4-9-8(6-11-12-9)7-2-1-3-7/h6-7H,1-5H2,(H,11,12)(H,13,14). The molecule has 0 aromatic carbocycles. The molecule has 0 atom stereocenters. The Morgan fingerprint density at radius 1 is 1.64 bits per heavy atom. The van der Waals surface area contributed by atoms with E-state index >= 15 is 0 Å². The summed E-state index contributed by atoms with van der Waals surface area (Å²) in [6.45, 7) is 0. The van der Waals surface area contributed by atoms with Gasteiger partial charge in [0.25, 0.3) is 0 Å². The number of nitrogens with one attached hydrogen (secondary N) is 1. The highest BCUT2D eigenvalue weighted by Crippen LogP contribution is 2.37. The van der Waals surface area contributed by atoms with Gasteiger partial charge in [0.1, 0.15) is 0 Å². The number of aromatic nitrogens is 2. The predicted octanol–water partition coefficient (Wildman–Crippen LogP) is 1.69. The molecule has 0 unspecified atom stereocenters. The van der Waals surface area contributed by atoms with Crippen LogP contribution in [-0.2, 0) is 11.2 Å². The maximum absolute atomic E-state index is 10.4. The third-order valence-corrected chi connectivity index (χ3v) is 2.89. The van der Waals surface area contributed by atoms with Crippen LogP contribution in [0.2, 0.25) is 0 Å². The molecule has 1 aromatic heterocycles. The quantitative estimate of drug-likeness (QED) is 0.766. The van der Waals surface area contributed by atoms with Gasteiger partial charge in [0, 0.05) is 5.69 Å². The van der Waals surface area contributed by atoms with Crippen LogP contribution in [0.1, 0.15) is 42.9 Å². The second-order valence-electron chi connectivity index (χ2n) is 3.83. The lowest BCUT2D eigenvalue weighted by molar-refractivity contribution is -0.136. The van der Waals surface area contributed by atoms with Crippen molar-refractivity contribution < 1.29 is 9.90 Å². The molecule has 0 spiro atoms. The molecule has 0 aliphatic heterocycles. The number of hydrogen-bond acceptors (Lipinski definition) is 2. The molecule has 0 radical (unpaired) electrons. The summed E-state index contributed by atoms with van der Waals surface area (Å²) in [6, 6.07) is 0. The minimum absolute atomic E-state index is 0.182. The monoisotopic (exact) mass is 194 g/mol. The first-order chi connectivity index (χ1) is 6.77. The smallest absolute Gasteiger partial charge is 0.303 e. The highest BCUT2D eigenvalue weighted by Gasteiger charge is 2.23. The lowest BCUT2D eigenvalue weighted by atomic mass is 9.80. The molecule has 1 fully saturated rings. The fraction of sp³-hybridized carbons (Fsp3) is 0.600.